The van der Waals surface area contributed by atoms with Crippen LogP contribution >= 0.6 is 0 Å². The summed E-state index contributed by atoms with van der Waals surface area (Å²) < 4.78 is 0. The molecule has 2 amide bonds. The Balaban J connectivity index is 2.34. The van der Waals surface area contributed by atoms with Crippen molar-refractivity contribution in [3.05, 3.63) is 71.9 Å². The lowest BCUT2D eigenvalue weighted by Gasteiger charge is -2.11. The Hall–Kier alpha value is -3.12. The van der Waals surface area contributed by atoms with Gasteiger partial charge < -0.3 is 11.1 Å². The Bertz CT molecular complexity index is 727. The van der Waals surface area contributed by atoms with Crippen molar-refractivity contribution in [2.75, 3.05) is 0 Å². The third-order valence-electron chi connectivity index (χ3n) is 3.23. The minimum atomic E-state index is -0.592. The molecular formula is C17H17N3O3. The van der Waals surface area contributed by atoms with Crippen LogP contribution in [0.5, 0.6) is 0 Å². The van der Waals surface area contributed by atoms with Gasteiger partial charge in [-0.2, -0.15) is 0 Å². The summed E-state index contributed by atoms with van der Waals surface area (Å²) in [6.45, 7) is 0.296. The fraction of sp³-hybridized carbons (Fsp3) is 0.0588. The average Bonchev–Trinajstić information content (AvgIpc) is 2.60. The highest BCUT2D eigenvalue weighted by Gasteiger charge is 2.13. The van der Waals surface area contributed by atoms with E-state index in [9.17, 15) is 9.59 Å². The summed E-state index contributed by atoms with van der Waals surface area (Å²) in [7, 11) is 0. The smallest absolute Gasteiger partial charge is 0.275 e. The highest BCUT2D eigenvalue weighted by molar-refractivity contribution is 6.00. The zero-order valence-electron chi connectivity index (χ0n) is 12.3. The Morgan fingerprint density at radius 1 is 1.13 bits per heavy atom. The number of hydrogen-bond donors (Lipinski definition) is 4. The first-order chi connectivity index (χ1) is 11.2. The maximum absolute atomic E-state index is 11.8. The summed E-state index contributed by atoms with van der Waals surface area (Å²) in [4.78, 5) is 23.2. The van der Waals surface area contributed by atoms with Crippen molar-refractivity contribution >= 4 is 11.8 Å². The molecule has 6 heteroatoms. The molecule has 6 nitrogen and oxygen atoms in total. The molecule has 0 aromatic heterocycles. The number of carbonyl (C=O) groups excluding carboxylic acids is 2. The molecular weight excluding hydrogens is 294 g/mol. The second-order valence-electron chi connectivity index (χ2n) is 4.76. The van der Waals surface area contributed by atoms with Gasteiger partial charge in [-0.05, 0) is 35.0 Å². The van der Waals surface area contributed by atoms with Gasteiger partial charge in [0.25, 0.3) is 5.91 Å². The quantitative estimate of drug-likeness (QED) is 0.382. The minimum Gasteiger partial charge on any atom is -0.404 e. The van der Waals surface area contributed by atoms with Crippen LogP contribution in [0, 0.1) is 0 Å². The first kappa shape index (κ1) is 16.3. The van der Waals surface area contributed by atoms with E-state index in [1.807, 2.05) is 30.3 Å². The van der Waals surface area contributed by atoms with E-state index >= 15 is 0 Å². The van der Waals surface area contributed by atoms with Crippen molar-refractivity contribution in [3.63, 3.8) is 0 Å². The van der Waals surface area contributed by atoms with E-state index < -0.39 is 5.91 Å². The lowest BCUT2D eigenvalue weighted by Crippen LogP contribution is -2.22. The van der Waals surface area contributed by atoms with E-state index in [-0.39, 0.29) is 5.91 Å². The van der Waals surface area contributed by atoms with Crippen LogP contribution in [0.25, 0.3) is 11.1 Å². The zero-order chi connectivity index (χ0) is 16.7. The third kappa shape index (κ3) is 4.18. The molecule has 0 saturated heterocycles. The number of amides is 2. The van der Waals surface area contributed by atoms with E-state index in [1.54, 1.807) is 23.7 Å². The van der Waals surface area contributed by atoms with Gasteiger partial charge in [-0.1, -0.05) is 36.4 Å². The lowest BCUT2D eigenvalue weighted by atomic mass is 9.97. The van der Waals surface area contributed by atoms with Crippen LogP contribution in [0.1, 0.15) is 15.9 Å². The van der Waals surface area contributed by atoms with Crippen molar-refractivity contribution in [1.82, 2.24) is 10.8 Å². The van der Waals surface area contributed by atoms with Gasteiger partial charge in [-0.15, -0.1) is 0 Å². The molecule has 2 aromatic carbocycles. The number of nitrogens with one attached hydrogen (secondary N) is 2. The topological polar surface area (TPSA) is 104 Å². The lowest BCUT2D eigenvalue weighted by molar-refractivity contribution is -0.116. The largest absolute Gasteiger partial charge is 0.404 e. The minimum absolute atomic E-state index is 0.296. The van der Waals surface area contributed by atoms with Gasteiger partial charge >= 0.3 is 0 Å². The van der Waals surface area contributed by atoms with E-state index in [0.717, 1.165) is 11.1 Å². The van der Waals surface area contributed by atoms with Crippen LogP contribution in [-0.4, -0.2) is 17.0 Å². The molecule has 0 aliphatic heterocycles. The van der Waals surface area contributed by atoms with Crippen molar-refractivity contribution < 1.29 is 14.8 Å². The third-order valence-corrected chi connectivity index (χ3v) is 3.23. The molecule has 2 aromatic rings. The molecule has 0 aliphatic rings. The number of rotatable bonds is 5. The molecule has 23 heavy (non-hydrogen) atoms. The monoisotopic (exact) mass is 311 g/mol. The molecule has 2 rings (SSSR count). The van der Waals surface area contributed by atoms with Gasteiger partial charge in [0.2, 0.25) is 5.91 Å². The van der Waals surface area contributed by atoms with Crippen LogP contribution in [0.4, 0.5) is 0 Å². The van der Waals surface area contributed by atoms with Gasteiger partial charge in [-0.3, -0.25) is 14.8 Å². The normalized spacial score (nSPS) is 10.5. The average molecular weight is 311 g/mol. The number of carbonyl (C=O) groups is 2. The molecule has 0 bridgehead atoms. The standard InChI is InChI=1S/C17H17N3O3/c18-9-8-16(21)19-11-12-6-7-14(17(22)20-23)15(10-12)13-4-2-1-3-5-13/h1-10,23H,11,18H2,(H,19,21)(H,20,22)/b9-8-. The Kier molecular flexibility index (Phi) is 5.49. The van der Waals surface area contributed by atoms with Crippen molar-refractivity contribution in [1.29, 1.82) is 0 Å². The van der Waals surface area contributed by atoms with E-state index in [0.29, 0.717) is 17.7 Å². The van der Waals surface area contributed by atoms with Crippen LogP contribution in [0.15, 0.2) is 60.8 Å². The maximum Gasteiger partial charge on any atom is 0.275 e. The summed E-state index contributed by atoms with van der Waals surface area (Å²) in [6.07, 6.45) is 2.39. The van der Waals surface area contributed by atoms with Crippen LogP contribution in [0.2, 0.25) is 0 Å². The fourth-order valence-corrected chi connectivity index (χ4v) is 2.15. The Morgan fingerprint density at radius 2 is 1.87 bits per heavy atom. The summed E-state index contributed by atoms with van der Waals surface area (Å²) in [6, 6.07) is 14.4. The first-order valence-corrected chi connectivity index (χ1v) is 6.94. The highest BCUT2D eigenvalue weighted by Crippen LogP contribution is 2.25. The second-order valence-corrected chi connectivity index (χ2v) is 4.76. The van der Waals surface area contributed by atoms with Crippen LogP contribution in [0.3, 0.4) is 0 Å². The van der Waals surface area contributed by atoms with Gasteiger partial charge in [0.05, 0.1) is 0 Å². The van der Waals surface area contributed by atoms with E-state index in [1.165, 1.54) is 12.3 Å². The zero-order valence-corrected chi connectivity index (χ0v) is 12.3. The van der Waals surface area contributed by atoms with Crippen molar-refractivity contribution in [2.45, 2.75) is 6.54 Å². The van der Waals surface area contributed by atoms with Crippen LogP contribution < -0.4 is 16.5 Å². The molecule has 0 fully saturated rings. The van der Waals surface area contributed by atoms with Gasteiger partial charge in [0.15, 0.2) is 0 Å². The molecule has 0 saturated carbocycles. The molecule has 118 valence electrons. The van der Waals surface area contributed by atoms with Gasteiger partial charge in [0, 0.05) is 18.2 Å². The number of hydrogen-bond acceptors (Lipinski definition) is 4. The summed E-state index contributed by atoms with van der Waals surface area (Å²) in [5.41, 5.74) is 9.46. The maximum atomic E-state index is 11.8. The Labute approximate surface area is 133 Å². The number of nitrogens with two attached hydrogens (primary N) is 1. The fourth-order valence-electron chi connectivity index (χ4n) is 2.15. The molecule has 0 spiro atoms. The number of hydroxylamine groups is 1. The number of benzene rings is 2. The summed E-state index contributed by atoms with van der Waals surface area (Å²) in [5.74, 6) is -0.892. The van der Waals surface area contributed by atoms with Gasteiger partial charge in [-0.25, -0.2) is 5.48 Å². The molecule has 0 radical (unpaired) electrons. The first-order valence-electron chi connectivity index (χ1n) is 6.94. The Morgan fingerprint density at radius 3 is 2.52 bits per heavy atom. The molecule has 0 unspecified atom stereocenters. The van der Waals surface area contributed by atoms with Crippen molar-refractivity contribution in [3.8, 4) is 11.1 Å². The summed E-state index contributed by atoms with van der Waals surface area (Å²) in [5, 5.41) is 11.6. The van der Waals surface area contributed by atoms with Gasteiger partial charge in [0.1, 0.15) is 0 Å². The predicted octanol–water partition coefficient (Wildman–Crippen LogP) is 1.56. The predicted molar refractivity (Wildman–Crippen MR) is 86.3 cm³/mol. The summed E-state index contributed by atoms with van der Waals surface area (Å²) >= 11 is 0. The molecule has 0 heterocycles. The second kappa shape index (κ2) is 7.77. The molecule has 5 N–H and O–H groups in total. The van der Waals surface area contributed by atoms with Crippen LogP contribution in [-0.2, 0) is 11.3 Å². The highest BCUT2D eigenvalue weighted by atomic mass is 16.5. The molecule has 0 aliphatic carbocycles. The SMILES string of the molecule is N/C=C\C(=O)NCc1ccc(C(=O)NO)c(-c2ccccc2)c1. The van der Waals surface area contributed by atoms with E-state index in [2.05, 4.69) is 5.32 Å². The van der Waals surface area contributed by atoms with Crippen molar-refractivity contribution in [2.24, 2.45) is 5.73 Å². The molecule has 0 atom stereocenters. The van der Waals surface area contributed by atoms with E-state index in [4.69, 9.17) is 10.9 Å².